The molecule has 0 unspecified atom stereocenters. The lowest BCUT2D eigenvalue weighted by Crippen LogP contribution is -2.54. The van der Waals surface area contributed by atoms with Gasteiger partial charge in [0.05, 0.1) is 9.26 Å². The Balaban J connectivity index is 1.92. The highest BCUT2D eigenvalue weighted by atomic mass is 127. The first kappa shape index (κ1) is 20.5. The number of carbonyl (C=O) groups excluding carboxylic acids is 3. The van der Waals surface area contributed by atoms with E-state index in [2.05, 4.69) is 5.32 Å². The van der Waals surface area contributed by atoms with E-state index in [0.717, 1.165) is 12.1 Å². The summed E-state index contributed by atoms with van der Waals surface area (Å²) in [4.78, 5) is 48.3. The summed E-state index contributed by atoms with van der Waals surface area (Å²) in [5.74, 6) is -3.22. The molecule has 8 nitrogen and oxygen atoms in total. The largest absolute Gasteiger partial charge is 0.481 e. The second-order valence-electron chi connectivity index (χ2n) is 5.81. The number of urea groups is 1. The van der Waals surface area contributed by atoms with Crippen molar-refractivity contribution in [3.05, 3.63) is 63.0 Å². The average Bonchev–Trinajstić information content (AvgIpc) is 2.64. The molecule has 0 radical (unpaired) electrons. The minimum absolute atomic E-state index is 0.0158. The Morgan fingerprint density at radius 1 is 1.21 bits per heavy atom. The number of rotatable bonds is 5. The number of nitrogens with one attached hydrogen (secondary N) is 1. The molecule has 1 fully saturated rings. The van der Waals surface area contributed by atoms with Crippen LogP contribution in [0.15, 0.2) is 48.0 Å². The molecular formula is C19H12FIN2O6. The zero-order valence-electron chi connectivity index (χ0n) is 14.5. The van der Waals surface area contributed by atoms with Crippen molar-refractivity contribution in [2.45, 2.75) is 0 Å². The van der Waals surface area contributed by atoms with E-state index in [1.807, 2.05) is 22.6 Å². The number of hydrogen-bond acceptors (Lipinski definition) is 5. The van der Waals surface area contributed by atoms with Crippen molar-refractivity contribution in [2.24, 2.45) is 0 Å². The number of amides is 4. The second-order valence-corrected chi connectivity index (χ2v) is 6.97. The van der Waals surface area contributed by atoms with Gasteiger partial charge in [0, 0.05) is 0 Å². The molecule has 0 saturated carbocycles. The van der Waals surface area contributed by atoms with Gasteiger partial charge in [-0.25, -0.2) is 18.9 Å². The van der Waals surface area contributed by atoms with E-state index in [4.69, 9.17) is 9.84 Å². The molecule has 0 aliphatic carbocycles. The topological polar surface area (TPSA) is 113 Å². The van der Waals surface area contributed by atoms with E-state index in [-0.39, 0.29) is 11.3 Å². The molecule has 0 atom stereocenters. The molecule has 1 saturated heterocycles. The van der Waals surface area contributed by atoms with Gasteiger partial charge < -0.3 is 9.84 Å². The molecule has 1 aliphatic heterocycles. The first-order valence-corrected chi connectivity index (χ1v) is 9.15. The first-order chi connectivity index (χ1) is 13.8. The highest BCUT2D eigenvalue weighted by Gasteiger charge is 2.36. The summed E-state index contributed by atoms with van der Waals surface area (Å²) in [6, 6.07) is 8.49. The van der Waals surface area contributed by atoms with Gasteiger partial charge in [-0.2, -0.15) is 0 Å². The van der Waals surface area contributed by atoms with Crippen molar-refractivity contribution in [1.82, 2.24) is 5.32 Å². The molecule has 148 valence electrons. The van der Waals surface area contributed by atoms with Crippen LogP contribution in [0.1, 0.15) is 5.56 Å². The van der Waals surface area contributed by atoms with Crippen molar-refractivity contribution >= 4 is 58.2 Å². The Morgan fingerprint density at radius 3 is 2.62 bits per heavy atom. The maximum absolute atomic E-state index is 13.5. The van der Waals surface area contributed by atoms with Gasteiger partial charge in [-0.15, -0.1) is 0 Å². The molecule has 2 N–H and O–H groups in total. The second kappa shape index (κ2) is 8.39. The number of hydrogen-bond donors (Lipinski definition) is 2. The molecule has 2 aromatic carbocycles. The smallest absolute Gasteiger partial charge is 0.341 e. The van der Waals surface area contributed by atoms with Gasteiger partial charge in [-0.1, -0.05) is 12.1 Å². The van der Waals surface area contributed by atoms with Crippen molar-refractivity contribution in [3.63, 3.8) is 0 Å². The number of carbonyl (C=O) groups is 4. The summed E-state index contributed by atoms with van der Waals surface area (Å²) in [6.45, 7) is -0.512. The van der Waals surface area contributed by atoms with E-state index in [0.29, 0.717) is 19.8 Å². The fourth-order valence-corrected chi connectivity index (χ4v) is 3.23. The Labute approximate surface area is 177 Å². The zero-order chi connectivity index (χ0) is 21.1. The average molecular weight is 510 g/mol. The molecule has 1 heterocycles. The number of nitrogens with zero attached hydrogens (tertiary/aromatic N) is 1. The SMILES string of the molecule is O=C(O)COc1ccc(/C=C2\C(=O)NC(=O)N(c3cccc(F)c3)C2=O)cc1I. The summed E-state index contributed by atoms with van der Waals surface area (Å²) in [7, 11) is 0. The molecule has 1 aliphatic rings. The van der Waals surface area contributed by atoms with Gasteiger partial charge in [-0.05, 0) is 64.6 Å². The van der Waals surface area contributed by atoms with E-state index >= 15 is 0 Å². The molecule has 0 bridgehead atoms. The van der Waals surface area contributed by atoms with Crippen LogP contribution >= 0.6 is 22.6 Å². The summed E-state index contributed by atoms with van der Waals surface area (Å²) in [6.07, 6.45) is 1.28. The van der Waals surface area contributed by atoms with E-state index in [9.17, 15) is 23.6 Å². The quantitative estimate of drug-likeness (QED) is 0.364. The number of anilines is 1. The third kappa shape index (κ3) is 4.59. The van der Waals surface area contributed by atoms with Crippen molar-refractivity contribution < 1.29 is 33.4 Å². The van der Waals surface area contributed by atoms with Crippen LogP contribution in [0.25, 0.3) is 6.08 Å². The van der Waals surface area contributed by atoms with Gasteiger partial charge in [-0.3, -0.25) is 14.9 Å². The lowest BCUT2D eigenvalue weighted by atomic mass is 10.1. The monoisotopic (exact) mass is 510 g/mol. The van der Waals surface area contributed by atoms with Crippen LogP contribution in [0, 0.1) is 9.39 Å². The van der Waals surface area contributed by atoms with Crippen molar-refractivity contribution in [2.75, 3.05) is 11.5 Å². The Morgan fingerprint density at radius 2 is 1.97 bits per heavy atom. The van der Waals surface area contributed by atoms with Crippen LogP contribution in [0.2, 0.25) is 0 Å². The van der Waals surface area contributed by atoms with Gasteiger partial charge in [0.15, 0.2) is 6.61 Å². The van der Waals surface area contributed by atoms with Gasteiger partial charge in [0.25, 0.3) is 11.8 Å². The van der Waals surface area contributed by atoms with Crippen LogP contribution in [0.5, 0.6) is 5.75 Å². The molecular weight excluding hydrogens is 498 g/mol. The van der Waals surface area contributed by atoms with Gasteiger partial charge >= 0.3 is 12.0 Å². The summed E-state index contributed by atoms with van der Waals surface area (Å²) >= 11 is 1.92. The lowest BCUT2D eigenvalue weighted by molar-refractivity contribution is -0.139. The van der Waals surface area contributed by atoms with E-state index in [1.54, 1.807) is 6.07 Å². The maximum atomic E-state index is 13.5. The molecule has 0 spiro atoms. The number of imide groups is 2. The number of halogens is 2. The molecule has 10 heteroatoms. The number of benzene rings is 2. The minimum Gasteiger partial charge on any atom is -0.481 e. The summed E-state index contributed by atoms with van der Waals surface area (Å²) in [5, 5.41) is 10.7. The van der Waals surface area contributed by atoms with Crippen LogP contribution in [-0.2, 0) is 14.4 Å². The third-order valence-corrected chi connectivity index (χ3v) is 4.63. The van der Waals surface area contributed by atoms with Gasteiger partial charge in [0.1, 0.15) is 17.1 Å². The fraction of sp³-hybridized carbons (Fsp3) is 0.0526. The predicted octanol–water partition coefficient (Wildman–Crippen LogP) is 2.56. The lowest BCUT2D eigenvalue weighted by Gasteiger charge is -2.26. The normalized spacial score (nSPS) is 15.4. The molecule has 0 aromatic heterocycles. The van der Waals surface area contributed by atoms with Crippen molar-refractivity contribution in [3.8, 4) is 5.75 Å². The van der Waals surface area contributed by atoms with Crippen molar-refractivity contribution in [1.29, 1.82) is 0 Å². The number of carboxylic acids is 1. The Kier molecular flexibility index (Phi) is 5.92. The Bertz CT molecular complexity index is 1070. The number of carboxylic acid groups (broad SMARTS) is 1. The highest BCUT2D eigenvalue weighted by Crippen LogP contribution is 2.26. The van der Waals surface area contributed by atoms with Gasteiger partial charge in [0.2, 0.25) is 0 Å². The summed E-state index contributed by atoms with van der Waals surface area (Å²) in [5.41, 5.74) is 0.117. The van der Waals surface area contributed by atoms with Crippen LogP contribution in [0.3, 0.4) is 0 Å². The standard InChI is InChI=1S/C19H12FIN2O6/c20-11-2-1-3-12(8-11)23-18(27)13(17(26)22-19(23)28)6-10-4-5-15(14(21)7-10)29-9-16(24)25/h1-8H,9H2,(H,24,25)(H,22,26,28)/b13-6+. The van der Waals surface area contributed by atoms with Crippen LogP contribution in [-0.4, -0.2) is 35.5 Å². The summed E-state index contributed by atoms with van der Waals surface area (Å²) < 4.78 is 19.2. The first-order valence-electron chi connectivity index (χ1n) is 8.07. The predicted molar refractivity (Wildman–Crippen MR) is 108 cm³/mol. The van der Waals surface area contributed by atoms with Crippen LogP contribution < -0.4 is 15.0 Å². The highest BCUT2D eigenvalue weighted by molar-refractivity contribution is 14.1. The number of ether oxygens (including phenoxy) is 1. The van der Waals surface area contributed by atoms with E-state index < -0.39 is 36.2 Å². The van der Waals surface area contributed by atoms with Crippen LogP contribution in [0.4, 0.5) is 14.9 Å². The minimum atomic E-state index is -1.13. The van der Waals surface area contributed by atoms with E-state index in [1.165, 1.54) is 30.3 Å². The molecule has 4 amide bonds. The molecule has 29 heavy (non-hydrogen) atoms. The molecule has 3 rings (SSSR count). The zero-order valence-corrected chi connectivity index (χ0v) is 16.7. The maximum Gasteiger partial charge on any atom is 0.341 e. The molecule has 2 aromatic rings. The number of aliphatic carboxylic acids is 1. The fourth-order valence-electron chi connectivity index (χ4n) is 2.54. The Hall–Kier alpha value is -3.28. The third-order valence-electron chi connectivity index (χ3n) is 3.79. The number of barbiturate groups is 1.